The largest absolute Gasteiger partial charge is 0.294 e. The summed E-state index contributed by atoms with van der Waals surface area (Å²) in [5.41, 5.74) is 8.46. The first-order valence-corrected chi connectivity index (χ1v) is 7.83. The van der Waals surface area contributed by atoms with Crippen LogP contribution in [0, 0.1) is 25.2 Å². The van der Waals surface area contributed by atoms with Crippen LogP contribution in [0.1, 0.15) is 61.3 Å². The zero-order chi connectivity index (χ0) is 14.2. The molecule has 3 aliphatic rings. The van der Waals surface area contributed by atoms with Crippen molar-refractivity contribution in [3.8, 4) is 0 Å². The Hall–Kier alpha value is -1.37. The van der Waals surface area contributed by atoms with Crippen LogP contribution in [0.3, 0.4) is 0 Å². The van der Waals surface area contributed by atoms with Crippen molar-refractivity contribution in [3.63, 3.8) is 0 Å². The smallest absolute Gasteiger partial charge is 0.161 e. The molecule has 1 aromatic rings. The van der Waals surface area contributed by atoms with E-state index < -0.39 is 0 Å². The summed E-state index contributed by atoms with van der Waals surface area (Å²) in [5.74, 6) is 1.30. The fourth-order valence-corrected chi connectivity index (χ4v) is 5.30. The molecule has 1 spiro atoms. The summed E-state index contributed by atoms with van der Waals surface area (Å²) in [4.78, 5) is 12.5. The number of benzene rings is 1. The summed E-state index contributed by atoms with van der Waals surface area (Å²) >= 11 is 0. The molecule has 0 amide bonds. The number of carbonyl (C=O) groups excluding carboxylic acids is 1. The standard InChI is InChI=1S/C19H22O/c1-10-5-6-15-16(11(10)2)13(4)19-8-7-14(9-19)18(20)12(3)17(15)19/h5-6,13-14H,7-9H2,1-4H3. The van der Waals surface area contributed by atoms with Gasteiger partial charge in [-0.05, 0) is 79.4 Å². The van der Waals surface area contributed by atoms with Gasteiger partial charge in [0.05, 0.1) is 0 Å². The van der Waals surface area contributed by atoms with E-state index in [1.54, 1.807) is 0 Å². The van der Waals surface area contributed by atoms with Gasteiger partial charge in [0.15, 0.2) is 5.78 Å². The minimum absolute atomic E-state index is 0.267. The number of hydrogen-bond acceptors (Lipinski definition) is 1. The van der Waals surface area contributed by atoms with Crippen LogP contribution in [-0.4, -0.2) is 5.78 Å². The summed E-state index contributed by atoms with van der Waals surface area (Å²) < 4.78 is 0. The molecule has 4 rings (SSSR count). The molecule has 104 valence electrons. The van der Waals surface area contributed by atoms with Crippen LogP contribution in [0.4, 0.5) is 0 Å². The third kappa shape index (κ3) is 1.18. The molecular weight excluding hydrogens is 244 g/mol. The summed E-state index contributed by atoms with van der Waals surface area (Å²) in [6, 6.07) is 4.50. The normalized spacial score (nSPS) is 34.5. The molecule has 3 aliphatic carbocycles. The van der Waals surface area contributed by atoms with Crippen LogP contribution in [0.15, 0.2) is 17.7 Å². The van der Waals surface area contributed by atoms with Crippen molar-refractivity contribution < 1.29 is 4.79 Å². The minimum Gasteiger partial charge on any atom is -0.294 e. The van der Waals surface area contributed by atoms with Crippen molar-refractivity contribution in [2.75, 3.05) is 0 Å². The highest BCUT2D eigenvalue weighted by Crippen LogP contribution is 2.67. The number of hydrogen-bond donors (Lipinski definition) is 0. The van der Waals surface area contributed by atoms with Crippen LogP contribution in [0.2, 0.25) is 0 Å². The van der Waals surface area contributed by atoms with Crippen molar-refractivity contribution in [1.82, 2.24) is 0 Å². The molecule has 20 heavy (non-hydrogen) atoms. The number of rotatable bonds is 0. The summed E-state index contributed by atoms with van der Waals surface area (Å²) in [7, 11) is 0. The van der Waals surface area contributed by atoms with Gasteiger partial charge in [0, 0.05) is 11.3 Å². The molecule has 0 aliphatic heterocycles. The molecule has 1 aromatic carbocycles. The molecule has 0 N–H and O–H groups in total. The van der Waals surface area contributed by atoms with E-state index in [0.29, 0.717) is 17.6 Å². The van der Waals surface area contributed by atoms with Crippen LogP contribution < -0.4 is 0 Å². The predicted octanol–water partition coefficient (Wildman–Crippen LogP) is 4.56. The summed E-state index contributed by atoms with van der Waals surface area (Å²) in [6.07, 6.45) is 3.38. The molecule has 0 saturated heterocycles. The predicted molar refractivity (Wildman–Crippen MR) is 81.7 cm³/mol. The van der Waals surface area contributed by atoms with Gasteiger partial charge in [0.1, 0.15) is 0 Å². The number of carbonyl (C=O) groups is 1. The van der Waals surface area contributed by atoms with Gasteiger partial charge in [0.2, 0.25) is 0 Å². The maximum Gasteiger partial charge on any atom is 0.161 e. The molecule has 1 nitrogen and oxygen atoms in total. The Kier molecular flexibility index (Phi) is 2.25. The number of allylic oxidation sites excluding steroid dienone is 2. The average molecular weight is 266 g/mol. The first kappa shape index (κ1) is 12.4. The van der Waals surface area contributed by atoms with Crippen molar-refractivity contribution >= 4 is 11.4 Å². The van der Waals surface area contributed by atoms with Crippen molar-refractivity contribution in [2.24, 2.45) is 11.3 Å². The molecule has 1 saturated carbocycles. The first-order chi connectivity index (χ1) is 9.47. The van der Waals surface area contributed by atoms with E-state index in [1.165, 1.54) is 34.2 Å². The van der Waals surface area contributed by atoms with Gasteiger partial charge < -0.3 is 0 Å². The quantitative estimate of drug-likeness (QED) is 0.672. The summed E-state index contributed by atoms with van der Waals surface area (Å²) in [6.45, 7) is 8.92. The highest BCUT2D eigenvalue weighted by molar-refractivity contribution is 6.08. The van der Waals surface area contributed by atoms with Gasteiger partial charge in [-0.3, -0.25) is 4.79 Å². The van der Waals surface area contributed by atoms with Gasteiger partial charge in [-0.25, -0.2) is 0 Å². The lowest BCUT2D eigenvalue weighted by atomic mass is 9.67. The second-order valence-corrected chi connectivity index (χ2v) is 7.15. The average Bonchev–Trinajstić information content (AvgIpc) is 2.93. The van der Waals surface area contributed by atoms with Gasteiger partial charge in [-0.2, -0.15) is 0 Å². The Balaban J connectivity index is 2.08. The maximum atomic E-state index is 12.5. The van der Waals surface area contributed by atoms with Crippen molar-refractivity contribution in [3.05, 3.63) is 40.0 Å². The zero-order valence-electron chi connectivity index (χ0n) is 12.8. The van der Waals surface area contributed by atoms with E-state index in [-0.39, 0.29) is 5.41 Å². The third-order valence-corrected chi connectivity index (χ3v) is 6.48. The lowest BCUT2D eigenvalue weighted by molar-refractivity contribution is -0.119. The van der Waals surface area contributed by atoms with Gasteiger partial charge in [-0.15, -0.1) is 0 Å². The second kappa shape index (κ2) is 3.63. The van der Waals surface area contributed by atoms with Crippen LogP contribution >= 0.6 is 0 Å². The van der Waals surface area contributed by atoms with E-state index >= 15 is 0 Å². The zero-order valence-corrected chi connectivity index (χ0v) is 12.8. The Morgan fingerprint density at radius 2 is 1.95 bits per heavy atom. The Bertz CT molecular complexity index is 679. The summed E-state index contributed by atoms with van der Waals surface area (Å²) in [5, 5.41) is 0. The van der Waals surface area contributed by atoms with Crippen molar-refractivity contribution in [1.29, 1.82) is 0 Å². The molecule has 2 bridgehead atoms. The lowest BCUT2D eigenvalue weighted by Crippen LogP contribution is -2.28. The van der Waals surface area contributed by atoms with Gasteiger partial charge in [-0.1, -0.05) is 19.1 Å². The molecule has 0 radical (unpaired) electrons. The molecule has 0 heterocycles. The topological polar surface area (TPSA) is 17.1 Å². The fraction of sp³-hybridized carbons (Fsp3) is 0.526. The van der Waals surface area contributed by atoms with Gasteiger partial charge >= 0.3 is 0 Å². The number of Topliss-reactive ketones (excluding diaryl/α,β-unsaturated/α-hetero) is 1. The molecule has 3 unspecified atom stereocenters. The lowest BCUT2D eigenvalue weighted by Gasteiger charge is -2.35. The fourth-order valence-electron chi connectivity index (χ4n) is 5.30. The van der Waals surface area contributed by atoms with Crippen LogP contribution in [-0.2, 0) is 4.79 Å². The molecule has 0 aromatic heterocycles. The van der Waals surface area contributed by atoms with Gasteiger partial charge in [0.25, 0.3) is 0 Å². The Labute approximate surface area is 121 Å². The Morgan fingerprint density at radius 1 is 1.20 bits per heavy atom. The maximum absolute atomic E-state index is 12.5. The molecule has 1 heteroatoms. The highest BCUT2D eigenvalue weighted by Gasteiger charge is 2.57. The van der Waals surface area contributed by atoms with E-state index in [4.69, 9.17) is 0 Å². The molecule has 3 atom stereocenters. The monoisotopic (exact) mass is 266 g/mol. The SMILES string of the molecule is CC1=C2c3ccc(C)c(C)c3C(C)C23CCC(C3)C1=O. The van der Waals surface area contributed by atoms with E-state index in [1.807, 2.05) is 0 Å². The molecule has 1 fully saturated rings. The third-order valence-electron chi connectivity index (χ3n) is 6.48. The van der Waals surface area contributed by atoms with E-state index in [2.05, 4.69) is 39.8 Å². The van der Waals surface area contributed by atoms with Crippen LogP contribution in [0.25, 0.3) is 5.57 Å². The highest BCUT2D eigenvalue weighted by atomic mass is 16.1. The van der Waals surface area contributed by atoms with Crippen molar-refractivity contribution in [2.45, 2.75) is 52.9 Å². The van der Waals surface area contributed by atoms with Crippen LogP contribution in [0.5, 0.6) is 0 Å². The number of fused-ring (bicyclic) bond motifs is 3. The Morgan fingerprint density at radius 3 is 2.70 bits per heavy atom. The number of ketones is 1. The first-order valence-electron chi connectivity index (χ1n) is 7.83. The minimum atomic E-state index is 0.267. The number of aryl methyl sites for hydroxylation is 1. The molecular formula is C19H22O. The van der Waals surface area contributed by atoms with E-state index in [9.17, 15) is 4.79 Å². The second-order valence-electron chi connectivity index (χ2n) is 7.15. The van der Waals surface area contributed by atoms with E-state index in [0.717, 1.165) is 18.4 Å².